The highest BCUT2D eigenvalue weighted by atomic mass is 19.1. The molecule has 4 heteroatoms. The molecule has 1 atom stereocenters. The molecule has 2 rings (SSSR count). The Hall–Kier alpha value is -1.42. The van der Waals surface area contributed by atoms with Crippen molar-refractivity contribution in [2.24, 2.45) is 0 Å². The Bertz CT molecular complexity index is 483. The summed E-state index contributed by atoms with van der Waals surface area (Å²) >= 11 is 0. The fraction of sp³-hybridized carbons (Fsp3) is 0.533. The van der Waals surface area contributed by atoms with Gasteiger partial charge in [0, 0.05) is 6.04 Å². The molecule has 104 valence electrons. The molecule has 0 radical (unpaired) electrons. The zero-order valence-corrected chi connectivity index (χ0v) is 11.4. The first kappa shape index (κ1) is 14.0. The molecule has 0 saturated heterocycles. The summed E-state index contributed by atoms with van der Waals surface area (Å²) in [5.74, 6) is -1.33. The summed E-state index contributed by atoms with van der Waals surface area (Å²) in [6, 6.07) is 4.84. The van der Waals surface area contributed by atoms with Crippen LogP contribution in [0.3, 0.4) is 0 Å². The number of halogens is 1. The fourth-order valence-electron chi connectivity index (χ4n) is 2.65. The predicted octanol–water partition coefficient (Wildman–Crippen LogP) is 2.97. The normalized spacial score (nSPS) is 19.3. The van der Waals surface area contributed by atoms with Gasteiger partial charge in [0.2, 0.25) is 0 Å². The molecule has 1 aliphatic rings. The van der Waals surface area contributed by atoms with Crippen molar-refractivity contribution in [1.29, 1.82) is 0 Å². The summed E-state index contributed by atoms with van der Waals surface area (Å²) < 4.78 is 13.7. The lowest BCUT2D eigenvalue weighted by Crippen LogP contribution is -2.50. The highest BCUT2D eigenvalue weighted by molar-refractivity contribution is 5.80. The van der Waals surface area contributed by atoms with E-state index in [2.05, 4.69) is 5.32 Å². The summed E-state index contributed by atoms with van der Waals surface area (Å²) in [6.45, 7) is 3.28. The fourth-order valence-corrected chi connectivity index (χ4v) is 2.65. The van der Waals surface area contributed by atoms with Gasteiger partial charge in [-0.1, -0.05) is 25.0 Å². The molecule has 1 aromatic rings. The topological polar surface area (TPSA) is 49.3 Å². The van der Waals surface area contributed by atoms with Gasteiger partial charge in [0.15, 0.2) is 0 Å². The molecule has 1 saturated carbocycles. The number of aliphatic carboxylic acids is 1. The van der Waals surface area contributed by atoms with E-state index in [1.54, 1.807) is 26.0 Å². The van der Waals surface area contributed by atoms with Gasteiger partial charge in [-0.25, -0.2) is 9.18 Å². The lowest BCUT2D eigenvalue weighted by atomic mass is 9.90. The van der Waals surface area contributed by atoms with Gasteiger partial charge in [-0.15, -0.1) is 0 Å². The second-order valence-corrected chi connectivity index (χ2v) is 5.52. The van der Waals surface area contributed by atoms with Crippen molar-refractivity contribution < 1.29 is 14.3 Å². The maximum atomic E-state index is 13.7. The predicted molar refractivity (Wildman–Crippen MR) is 71.5 cm³/mol. The Morgan fingerprint density at radius 3 is 2.58 bits per heavy atom. The number of aryl methyl sites for hydroxylation is 1. The van der Waals surface area contributed by atoms with E-state index in [0.29, 0.717) is 11.1 Å². The van der Waals surface area contributed by atoms with Crippen LogP contribution < -0.4 is 5.32 Å². The molecule has 0 heterocycles. The van der Waals surface area contributed by atoms with Crippen LogP contribution in [0.5, 0.6) is 0 Å². The van der Waals surface area contributed by atoms with Gasteiger partial charge < -0.3 is 5.11 Å². The molecule has 0 spiro atoms. The van der Waals surface area contributed by atoms with Crippen LogP contribution >= 0.6 is 0 Å². The first-order valence-corrected chi connectivity index (χ1v) is 6.71. The summed E-state index contributed by atoms with van der Waals surface area (Å²) in [5, 5.41) is 12.7. The molecular formula is C15H20FNO2. The van der Waals surface area contributed by atoms with Gasteiger partial charge >= 0.3 is 5.97 Å². The molecule has 0 amide bonds. The lowest BCUT2D eigenvalue weighted by Gasteiger charge is -2.30. The van der Waals surface area contributed by atoms with Gasteiger partial charge in [-0.3, -0.25) is 5.32 Å². The van der Waals surface area contributed by atoms with Crippen molar-refractivity contribution in [1.82, 2.24) is 5.32 Å². The average Bonchev–Trinajstić information content (AvgIpc) is 2.85. The second-order valence-electron chi connectivity index (χ2n) is 5.52. The molecule has 19 heavy (non-hydrogen) atoms. The van der Waals surface area contributed by atoms with Crippen LogP contribution in [0.2, 0.25) is 0 Å². The minimum Gasteiger partial charge on any atom is -0.480 e. The Morgan fingerprint density at radius 1 is 1.42 bits per heavy atom. The van der Waals surface area contributed by atoms with Gasteiger partial charge in [-0.2, -0.15) is 0 Å². The molecule has 2 N–H and O–H groups in total. The minimum atomic E-state index is -1.23. The number of carboxylic acid groups (broad SMARTS) is 1. The number of rotatable bonds is 4. The van der Waals surface area contributed by atoms with E-state index in [-0.39, 0.29) is 11.9 Å². The molecule has 0 aromatic heterocycles. The third-order valence-corrected chi connectivity index (χ3v) is 4.02. The molecule has 1 unspecified atom stereocenters. The maximum absolute atomic E-state index is 13.7. The average molecular weight is 265 g/mol. The van der Waals surface area contributed by atoms with Crippen LogP contribution in [0.4, 0.5) is 4.39 Å². The smallest absolute Gasteiger partial charge is 0.328 e. The monoisotopic (exact) mass is 265 g/mol. The minimum absolute atomic E-state index is 0.200. The van der Waals surface area contributed by atoms with E-state index in [9.17, 15) is 14.3 Å². The van der Waals surface area contributed by atoms with Gasteiger partial charge in [-0.05, 0) is 43.9 Å². The first-order chi connectivity index (χ1) is 8.93. The Labute approximate surface area is 112 Å². The number of hydrogen-bond donors (Lipinski definition) is 2. The standard InChI is InChI=1S/C15H20FNO2/c1-10-7-8-11(9-13(10)16)15(2,14(18)19)17-12-5-3-4-6-12/h7-9,12,17H,3-6H2,1-2H3,(H,18,19). The largest absolute Gasteiger partial charge is 0.480 e. The Morgan fingerprint density at radius 2 is 2.05 bits per heavy atom. The molecule has 3 nitrogen and oxygen atoms in total. The number of nitrogens with one attached hydrogen (secondary N) is 1. The number of carbonyl (C=O) groups is 1. The van der Waals surface area contributed by atoms with Crippen molar-refractivity contribution >= 4 is 5.97 Å². The van der Waals surface area contributed by atoms with Crippen molar-refractivity contribution in [3.63, 3.8) is 0 Å². The number of carboxylic acids is 1. The van der Waals surface area contributed by atoms with E-state index in [1.807, 2.05) is 0 Å². The molecule has 1 aliphatic carbocycles. The van der Waals surface area contributed by atoms with Gasteiger partial charge in [0.1, 0.15) is 11.4 Å². The second kappa shape index (κ2) is 5.29. The maximum Gasteiger partial charge on any atom is 0.328 e. The van der Waals surface area contributed by atoms with E-state index >= 15 is 0 Å². The van der Waals surface area contributed by atoms with Crippen molar-refractivity contribution in [3.8, 4) is 0 Å². The van der Waals surface area contributed by atoms with Crippen LogP contribution in [0.1, 0.15) is 43.7 Å². The summed E-state index contributed by atoms with van der Waals surface area (Å²) in [7, 11) is 0. The summed E-state index contributed by atoms with van der Waals surface area (Å²) in [4.78, 5) is 11.6. The molecule has 1 fully saturated rings. The molecular weight excluding hydrogens is 245 g/mol. The van der Waals surface area contributed by atoms with E-state index in [4.69, 9.17) is 0 Å². The number of hydrogen-bond acceptors (Lipinski definition) is 2. The van der Waals surface area contributed by atoms with Gasteiger partial charge in [0.05, 0.1) is 0 Å². The van der Waals surface area contributed by atoms with Crippen molar-refractivity contribution in [3.05, 3.63) is 35.1 Å². The van der Waals surface area contributed by atoms with Crippen LogP contribution in [0.15, 0.2) is 18.2 Å². The third kappa shape index (κ3) is 2.78. The van der Waals surface area contributed by atoms with Crippen molar-refractivity contribution in [2.75, 3.05) is 0 Å². The first-order valence-electron chi connectivity index (χ1n) is 6.71. The van der Waals surface area contributed by atoms with Crippen molar-refractivity contribution in [2.45, 2.75) is 51.1 Å². The van der Waals surface area contributed by atoms with Crippen LogP contribution in [0, 0.1) is 12.7 Å². The highest BCUT2D eigenvalue weighted by Crippen LogP contribution is 2.28. The van der Waals surface area contributed by atoms with Crippen LogP contribution in [0.25, 0.3) is 0 Å². The summed E-state index contributed by atoms with van der Waals surface area (Å²) in [5.41, 5.74) is -0.240. The van der Waals surface area contributed by atoms with E-state index < -0.39 is 11.5 Å². The third-order valence-electron chi connectivity index (χ3n) is 4.02. The molecule has 0 aliphatic heterocycles. The SMILES string of the molecule is Cc1ccc(C(C)(NC2CCCC2)C(=O)O)cc1F. The summed E-state index contributed by atoms with van der Waals surface area (Å²) in [6.07, 6.45) is 4.21. The van der Waals surface area contributed by atoms with E-state index in [1.165, 1.54) is 6.07 Å². The zero-order valence-electron chi connectivity index (χ0n) is 11.4. The highest BCUT2D eigenvalue weighted by Gasteiger charge is 2.38. The van der Waals surface area contributed by atoms with E-state index in [0.717, 1.165) is 25.7 Å². The Balaban J connectivity index is 2.31. The lowest BCUT2D eigenvalue weighted by molar-refractivity contribution is -0.145. The quantitative estimate of drug-likeness (QED) is 0.880. The zero-order chi connectivity index (χ0) is 14.0. The van der Waals surface area contributed by atoms with Gasteiger partial charge in [0.25, 0.3) is 0 Å². The molecule has 1 aromatic carbocycles. The Kier molecular flexibility index (Phi) is 3.90. The van der Waals surface area contributed by atoms with Crippen LogP contribution in [-0.4, -0.2) is 17.1 Å². The van der Waals surface area contributed by atoms with Crippen LogP contribution in [-0.2, 0) is 10.3 Å². The molecule has 0 bridgehead atoms. The number of benzene rings is 1.